The average Bonchev–Trinajstić information content (AvgIpc) is 2.78. The topological polar surface area (TPSA) is 46.4 Å². The minimum atomic E-state index is 0.0536. The van der Waals surface area contributed by atoms with Crippen molar-refractivity contribution in [3.63, 3.8) is 0 Å². The molecule has 1 amide bonds. The van der Waals surface area contributed by atoms with Crippen molar-refractivity contribution >= 4 is 16.8 Å². The third kappa shape index (κ3) is 5.36. The molecule has 0 saturated heterocycles. The predicted molar refractivity (Wildman–Crippen MR) is 131 cm³/mol. The van der Waals surface area contributed by atoms with E-state index in [1.165, 1.54) is 16.9 Å². The Hall–Kier alpha value is -2.72. The first kappa shape index (κ1) is 22.5. The van der Waals surface area contributed by atoms with E-state index in [1.54, 1.807) is 0 Å². The molecule has 2 aromatic carbocycles. The molecule has 1 aliphatic rings. The number of nitrogens with zero attached hydrogens (tertiary/aromatic N) is 1. The summed E-state index contributed by atoms with van der Waals surface area (Å²) in [6.07, 6.45) is 4.27. The molecule has 4 heteroatoms. The molecule has 0 radical (unpaired) electrons. The summed E-state index contributed by atoms with van der Waals surface area (Å²) in [7, 11) is 0. The van der Waals surface area contributed by atoms with Crippen LogP contribution in [0.2, 0.25) is 0 Å². The lowest BCUT2D eigenvalue weighted by atomic mass is 9.94. The van der Waals surface area contributed by atoms with Crippen LogP contribution >= 0.6 is 0 Å². The highest BCUT2D eigenvalue weighted by atomic mass is 16.1. The smallest absolute Gasteiger partial charge is 0.252 e. The van der Waals surface area contributed by atoms with E-state index in [4.69, 9.17) is 4.98 Å². The molecule has 32 heavy (non-hydrogen) atoms. The summed E-state index contributed by atoms with van der Waals surface area (Å²) in [5, 5.41) is 4.27. The number of fused-ring (bicyclic) bond motifs is 2. The van der Waals surface area contributed by atoms with Gasteiger partial charge in [0.2, 0.25) is 0 Å². The number of hydrogen-bond acceptors (Lipinski definition) is 2. The van der Waals surface area contributed by atoms with Crippen LogP contribution in [0.4, 0.5) is 0 Å². The summed E-state index contributed by atoms with van der Waals surface area (Å²) in [5.74, 6) is 0.755. The first-order valence-electron chi connectivity index (χ1n) is 12.1. The Morgan fingerprint density at radius 3 is 2.56 bits per heavy atom. The Morgan fingerprint density at radius 2 is 1.78 bits per heavy atom. The maximum atomic E-state index is 13.6. The zero-order chi connectivity index (χ0) is 22.5. The Labute approximate surface area is 192 Å². The molecule has 2 atom stereocenters. The first-order valence-corrected chi connectivity index (χ1v) is 12.1. The second-order valence-corrected chi connectivity index (χ2v) is 9.72. The SMILES string of the molecule is CC(C)CCC[C@H](C)NC(=O)c1c2c(nc3ccccc13)CC[NH+](Cc1ccccc1)C2. The van der Waals surface area contributed by atoms with Crippen LogP contribution in [0, 0.1) is 5.92 Å². The van der Waals surface area contributed by atoms with Crippen molar-refractivity contribution in [2.75, 3.05) is 6.54 Å². The Morgan fingerprint density at radius 1 is 1.03 bits per heavy atom. The quantitative estimate of drug-likeness (QED) is 0.559. The highest BCUT2D eigenvalue weighted by molar-refractivity contribution is 6.07. The Kier molecular flexibility index (Phi) is 7.21. The Balaban J connectivity index is 1.59. The third-order valence-electron chi connectivity index (χ3n) is 6.54. The number of para-hydroxylation sites is 1. The number of benzene rings is 2. The standard InChI is InChI=1S/C28H35N3O/c1-20(2)10-9-11-21(3)29-28(32)27-23-14-7-8-15-25(23)30-26-16-17-31(19-24(26)27)18-22-12-5-4-6-13-22/h4-8,12-15,20-21H,9-11,16-19H2,1-3H3,(H,29,32)/p+1/t21-/m0/s1. The molecule has 0 spiro atoms. The second kappa shape index (κ2) is 10.3. The molecule has 1 aromatic heterocycles. The van der Waals surface area contributed by atoms with Crippen LogP contribution < -0.4 is 10.2 Å². The van der Waals surface area contributed by atoms with Crippen molar-refractivity contribution < 1.29 is 9.69 Å². The summed E-state index contributed by atoms with van der Waals surface area (Å²) in [5.41, 5.74) is 5.33. The summed E-state index contributed by atoms with van der Waals surface area (Å²) in [6, 6.07) is 18.9. The molecule has 2 N–H and O–H groups in total. The van der Waals surface area contributed by atoms with Gasteiger partial charge in [0, 0.05) is 29.0 Å². The molecule has 2 heterocycles. The van der Waals surface area contributed by atoms with Crippen molar-refractivity contribution in [2.45, 2.75) is 65.6 Å². The normalized spacial score (nSPS) is 16.7. The highest BCUT2D eigenvalue weighted by Crippen LogP contribution is 2.25. The minimum Gasteiger partial charge on any atom is -0.350 e. The number of aromatic nitrogens is 1. The van der Waals surface area contributed by atoms with Gasteiger partial charge in [-0.3, -0.25) is 9.78 Å². The number of rotatable bonds is 8. The summed E-state index contributed by atoms with van der Waals surface area (Å²) in [6.45, 7) is 9.48. The highest BCUT2D eigenvalue weighted by Gasteiger charge is 2.28. The lowest BCUT2D eigenvalue weighted by Crippen LogP contribution is -3.10. The fourth-order valence-electron chi connectivity index (χ4n) is 4.83. The molecular formula is C28H36N3O+. The number of nitrogens with one attached hydrogen (secondary N) is 2. The average molecular weight is 431 g/mol. The van der Waals surface area contributed by atoms with Gasteiger partial charge in [-0.05, 0) is 25.3 Å². The predicted octanol–water partition coefficient (Wildman–Crippen LogP) is 4.32. The molecular weight excluding hydrogens is 394 g/mol. The number of carbonyl (C=O) groups excluding carboxylic acids is 1. The minimum absolute atomic E-state index is 0.0536. The van der Waals surface area contributed by atoms with Crippen molar-refractivity contribution in [2.24, 2.45) is 5.92 Å². The van der Waals surface area contributed by atoms with E-state index in [2.05, 4.69) is 56.4 Å². The largest absolute Gasteiger partial charge is 0.350 e. The van der Waals surface area contributed by atoms with E-state index < -0.39 is 0 Å². The molecule has 1 aliphatic heterocycles. The van der Waals surface area contributed by atoms with Gasteiger partial charge in [0.05, 0.1) is 23.3 Å². The number of pyridine rings is 1. The van der Waals surface area contributed by atoms with Gasteiger partial charge < -0.3 is 10.2 Å². The van der Waals surface area contributed by atoms with E-state index in [9.17, 15) is 4.79 Å². The lowest BCUT2D eigenvalue weighted by Gasteiger charge is -2.28. The van der Waals surface area contributed by atoms with E-state index in [0.717, 1.165) is 66.6 Å². The van der Waals surface area contributed by atoms with Crippen LogP contribution in [-0.2, 0) is 19.5 Å². The first-order chi connectivity index (χ1) is 15.5. The monoisotopic (exact) mass is 430 g/mol. The molecule has 168 valence electrons. The zero-order valence-electron chi connectivity index (χ0n) is 19.7. The van der Waals surface area contributed by atoms with E-state index in [1.807, 2.05) is 24.3 Å². The van der Waals surface area contributed by atoms with Crippen molar-refractivity contribution in [3.05, 3.63) is 77.0 Å². The van der Waals surface area contributed by atoms with Gasteiger partial charge in [-0.1, -0.05) is 75.2 Å². The van der Waals surface area contributed by atoms with Crippen LogP contribution in [0.1, 0.15) is 67.2 Å². The van der Waals surface area contributed by atoms with Crippen molar-refractivity contribution in [1.29, 1.82) is 0 Å². The van der Waals surface area contributed by atoms with Gasteiger partial charge in [-0.25, -0.2) is 0 Å². The van der Waals surface area contributed by atoms with Gasteiger partial charge in [-0.2, -0.15) is 0 Å². The molecule has 4 rings (SSSR count). The molecule has 0 fully saturated rings. The van der Waals surface area contributed by atoms with Crippen LogP contribution in [-0.4, -0.2) is 23.5 Å². The number of carbonyl (C=O) groups is 1. The summed E-state index contributed by atoms with van der Waals surface area (Å²) in [4.78, 5) is 20.0. The Bertz CT molecular complexity index is 1060. The summed E-state index contributed by atoms with van der Waals surface area (Å²) >= 11 is 0. The van der Waals surface area contributed by atoms with Crippen LogP contribution in [0.5, 0.6) is 0 Å². The molecule has 0 bridgehead atoms. The molecule has 4 nitrogen and oxygen atoms in total. The number of hydrogen-bond donors (Lipinski definition) is 2. The van der Waals surface area contributed by atoms with Gasteiger partial charge in [0.15, 0.2) is 0 Å². The van der Waals surface area contributed by atoms with E-state index >= 15 is 0 Å². The maximum Gasteiger partial charge on any atom is 0.252 e. The number of quaternary nitrogens is 1. The zero-order valence-corrected chi connectivity index (χ0v) is 19.7. The van der Waals surface area contributed by atoms with Gasteiger partial charge >= 0.3 is 0 Å². The third-order valence-corrected chi connectivity index (χ3v) is 6.54. The molecule has 3 aromatic rings. The fourth-order valence-corrected chi connectivity index (χ4v) is 4.83. The summed E-state index contributed by atoms with van der Waals surface area (Å²) < 4.78 is 0. The maximum absolute atomic E-state index is 13.6. The van der Waals surface area contributed by atoms with Crippen LogP contribution in [0.3, 0.4) is 0 Å². The molecule has 0 aliphatic carbocycles. The van der Waals surface area contributed by atoms with Crippen LogP contribution in [0.15, 0.2) is 54.6 Å². The van der Waals surface area contributed by atoms with Gasteiger partial charge in [0.25, 0.3) is 5.91 Å². The fraction of sp³-hybridized carbons (Fsp3) is 0.429. The van der Waals surface area contributed by atoms with Gasteiger partial charge in [0.1, 0.15) is 13.1 Å². The second-order valence-electron chi connectivity index (χ2n) is 9.72. The molecule has 0 saturated carbocycles. The van der Waals surface area contributed by atoms with Crippen LogP contribution in [0.25, 0.3) is 10.9 Å². The van der Waals surface area contributed by atoms with E-state index in [0.29, 0.717) is 5.92 Å². The van der Waals surface area contributed by atoms with Crippen molar-refractivity contribution in [3.8, 4) is 0 Å². The van der Waals surface area contributed by atoms with E-state index in [-0.39, 0.29) is 11.9 Å². The molecule has 1 unspecified atom stereocenters. The van der Waals surface area contributed by atoms with Crippen molar-refractivity contribution in [1.82, 2.24) is 10.3 Å². The van der Waals surface area contributed by atoms with Gasteiger partial charge in [-0.15, -0.1) is 0 Å². The number of amides is 1. The lowest BCUT2D eigenvalue weighted by molar-refractivity contribution is -0.929.